The molecule has 14 heavy (non-hydrogen) atoms. The lowest BCUT2D eigenvalue weighted by atomic mass is 10.0. The van der Waals surface area contributed by atoms with Gasteiger partial charge in [-0.3, -0.25) is 0 Å². The van der Waals surface area contributed by atoms with Crippen LogP contribution in [0.2, 0.25) is 5.02 Å². The van der Waals surface area contributed by atoms with Gasteiger partial charge in [-0.15, -0.1) is 0 Å². The molecule has 0 aliphatic carbocycles. The molecule has 4 N–H and O–H groups in total. The number of halogens is 2. The summed E-state index contributed by atoms with van der Waals surface area (Å²) >= 11 is 5.75. The minimum atomic E-state index is -0.322. The third-order valence-corrected chi connectivity index (χ3v) is 2.31. The zero-order chi connectivity index (χ0) is 10.6. The van der Waals surface area contributed by atoms with Crippen LogP contribution in [0.25, 0.3) is 0 Å². The molecular formula is C10H14ClFN2. The molecule has 1 aromatic carbocycles. The second-order valence-electron chi connectivity index (χ2n) is 3.20. The number of hydrogen-bond acceptors (Lipinski definition) is 2. The van der Waals surface area contributed by atoms with Crippen molar-refractivity contribution in [3.63, 3.8) is 0 Å². The van der Waals surface area contributed by atoms with Gasteiger partial charge in [0.25, 0.3) is 0 Å². The Kier molecular flexibility index (Phi) is 4.32. The second kappa shape index (κ2) is 5.29. The van der Waals surface area contributed by atoms with E-state index in [4.69, 9.17) is 23.1 Å². The molecule has 0 aliphatic rings. The van der Waals surface area contributed by atoms with Crippen LogP contribution >= 0.6 is 11.6 Å². The molecule has 78 valence electrons. The highest BCUT2D eigenvalue weighted by molar-refractivity contribution is 6.30. The van der Waals surface area contributed by atoms with Crippen molar-refractivity contribution in [1.29, 1.82) is 0 Å². The van der Waals surface area contributed by atoms with E-state index in [0.29, 0.717) is 23.6 Å². The predicted octanol–water partition coefficient (Wildman–Crippen LogP) is 2.22. The molecule has 0 bridgehead atoms. The topological polar surface area (TPSA) is 52.0 Å². The first-order valence-corrected chi connectivity index (χ1v) is 4.93. The largest absolute Gasteiger partial charge is 0.330 e. The first-order chi connectivity index (χ1) is 6.65. The maximum Gasteiger partial charge on any atom is 0.128 e. The van der Waals surface area contributed by atoms with Crippen LogP contribution in [0.3, 0.4) is 0 Å². The van der Waals surface area contributed by atoms with Gasteiger partial charge in [0.2, 0.25) is 0 Å². The molecule has 0 saturated carbocycles. The maximum atomic E-state index is 13.3. The van der Waals surface area contributed by atoms with Crippen molar-refractivity contribution in [3.8, 4) is 0 Å². The Morgan fingerprint density at radius 2 is 2.14 bits per heavy atom. The van der Waals surface area contributed by atoms with Gasteiger partial charge in [0.1, 0.15) is 5.82 Å². The first-order valence-electron chi connectivity index (χ1n) is 4.55. The number of benzene rings is 1. The summed E-state index contributed by atoms with van der Waals surface area (Å²) in [6.07, 6.45) is 1.46. The van der Waals surface area contributed by atoms with E-state index in [1.165, 1.54) is 12.1 Å². The molecule has 1 rings (SSSR count). The molecule has 4 heteroatoms. The van der Waals surface area contributed by atoms with Crippen molar-refractivity contribution >= 4 is 11.6 Å². The van der Waals surface area contributed by atoms with Crippen LogP contribution in [0.15, 0.2) is 18.2 Å². The zero-order valence-corrected chi connectivity index (χ0v) is 8.60. The predicted molar refractivity (Wildman–Crippen MR) is 56.6 cm³/mol. The van der Waals surface area contributed by atoms with Crippen LogP contribution in [0.4, 0.5) is 4.39 Å². The minimum Gasteiger partial charge on any atom is -0.330 e. The SMILES string of the molecule is NCCC[C@H](N)c1cc(Cl)ccc1F. The lowest BCUT2D eigenvalue weighted by Crippen LogP contribution is -2.14. The number of rotatable bonds is 4. The van der Waals surface area contributed by atoms with E-state index >= 15 is 0 Å². The summed E-state index contributed by atoms with van der Waals surface area (Å²) in [5, 5.41) is 0.504. The molecule has 1 aromatic rings. The lowest BCUT2D eigenvalue weighted by molar-refractivity contribution is 0.553. The third kappa shape index (κ3) is 2.94. The minimum absolute atomic E-state index is 0.307. The number of hydrogen-bond donors (Lipinski definition) is 2. The maximum absolute atomic E-state index is 13.3. The summed E-state index contributed by atoms with van der Waals surface area (Å²) < 4.78 is 13.3. The molecule has 0 amide bonds. The van der Waals surface area contributed by atoms with E-state index in [-0.39, 0.29) is 11.9 Å². The molecule has 0 aliphatic heterocycles. The summed E-state index contributed by atoms with van der Waals surface area (Å²) in [4.78, 5) is 0. The fraction of sp³-hybridized carbons (Fsp3) is 0.400. The Balaban J connectivity index is 2.77. The normalized spacial score (nSPS) is 12.9. The molecule has 0 unspecified atom stereocenters. The second-order valence-corrected chi connectivity index (χ2v) is 3.64. The summed E-state index contributed by atoms with van der Waals surface area (Å²) in [6, 6.07) is 4.09. The van der Waals surface area contributed by atoms with Gasteiger partial charge in [0, 0.05) is 16.6 Å². The van der Waals surface area contributed by atoms with Gasteiger partial charge in [-0.25, -0.2) is 4.39 Å². The molecule has 0 spiro atoms. The highest BCUT2D eigenvalue weighted by atomic mass is 35.5. The summed E-state index contributed by atoms with van der Waals surface area (Å²) in [5.41, 5.74) is 11.6. The fourth-order valence-corrected chi connectivity index (χ4v) is 1.47. The van der Waals surface area contributed by atoms with Crippen LogP contribution in [0, 0.1) is 5.82 Å². The summed E-state index contributed by atoms with van der Waals surface area (Å²) in [5.74, 6) is -0.307. The summed E-state index contributed by atoms with van der Waals surface area (Å²) in [7, 11) is 0. The smallest absolute Gasteiger partial charge is 0.128 e. The van der Waals surface area contributed by atoms with Crippen LogP contribution < -0.4 is 11.5 Å². The van der Waals surface area contributed by atoms with Crippen molar-refractivity contribution in [2.45, 2.75) is 18.9 Å². The Morgan fingerprint density at radius 3 is 2.79 bits per heavy atom. The first kappa shape index (κ1) is 11.4. The van der Waals surface area contributed by atoms with Gasteiger partial charge in [-0.1, -0.05) is 11.6 Å². The Labute approximate surface area is 88.0 Å². The van der Waals surface area contributed by atoms with Crippen LogP contribution in [0.5, 0.6) is 0 Å². The van der Waals surface area contributed by atoms with E-state index in [2.05, 4.69) is 0 Å². The van der Waals surface area contributed by atoms with Crippen molar-refractivity contribution in [1.82, 2.24) is 0 Å². The Hall–Kier alpha value is -0.640. The van der Waals surface area contributed by atoms with Crippen molar-refractivity contribution in [3.05, 3.63) is 34.6 Å². The van der Waals surface area contributed by atoms with Crippen LogP contribution in [0.1, 0.15) is 24.4 Å². The van der Waals surface area contributed by atoms with Gasteiger partial charge < -0.3 is 11.5 Å². The molecule has 0 saturated heterocycles. The Morgan fingerprint density at radius 1 is 1.43 bits per heavy atom. The lowest BCUT2D eigenvalue weighted by Gasteiger charge is -2.12. The van der Waals surface area contributed by atoms with Gasteiger partial charge in [-0.2, -0.15) is 0 Å². The molecule has 1 atom stereocenters. The van der Waals surface area contributed by atoms with Crippen molar-refractivity contribution in [2.75, 3.05) is 6.54 Å². The quantitative estimate of drug-likeness (QED) is 0.811. The van der Waals surface area contributed by atoms with Gasteiger partial charge in [-0.05, 0) is 37.6 Å². The highest BCUT2D eigenvalue weighted by Gasteiger charge is 2.11. The molecule has 0 radical (unpaired) electrons. The molecule has 2 nitrogen and oxygen atoms in total. The number of nitrogens with two attached hydrogens (primary N) is 2. The standard InChI is InChI=1S/C10H14ClFN2/c11-7-3-4-9(12)8(6-7)10(14)2-1-5-13/h3-4,6,10H,1-2,5,13-14H2/t10-/m0/s1. The van der Waals surface area contributed by atoms with Crippen molar-refractivity contribution in [2.24, 2.45) is 11.5 Å². The monoisotopic (exact) mass is 216 g/mol. The van der Waals surface area contributed by atoms with E-state index in [1.807, 2.05) is 0 Å². The molecule has 0 fully saturated rings. The van der Waals surface area contributed by atoms with Gasteiger partial charge in [0.15, 0.2) is 0 Å². The van der Waals surface area contributed by atoms with E-state index < -0.39 is 0 Å². The highest BCUT2D eigenvalue weighted by Crippen LogP contribution is 2.22. The van der Waals surface area contributed by atoms with E-state index in [9.17, 15) is 4.39 Å². The average Bonchev–Trinajstić information content (AvgIpc) is 2.18. The van der Waals surface area contributed by atoms with Gasteiger partial charge >= 0.3 is 0 Å². The van der Waals surface area contributed by atoms with Crippen LogP contribution in [-0.4, -0.2) is 6.54 Å². The Bertz CT molecular complexity index is 304. The molecule has 0 heterocycles. The molecule has 0 aromatic heterocycles. The zero-order valence-electron chi connectivity index (χ0n) is 7.84. The van der Waals surface area contributed by atoms with Gasteiger partial charge in [0.05, 0.1) is 0 Å². The molecular weight excluding hydrogens is 203 g/mol. The third-order valence-electron chi connectivity index (χ3n) is 2.08. The summed E-state index contributed by atoms with van der Waals surface area (Å²) in [6.45, 7) is 0.565. The average molecular weight is 217 g/mol. The fourth-order valence-electron chi connectivity index (χ4n) is 1.29. The van der Waals surface area contributed by atoms with E-state index in [0.717, 1.165) is 6.42 Å². The van der Waals surface area contributed by atoms with Crippen LogP contribution in [-0.2, 0) is 0 Å². The van der Waals surface area contributed by atoms with Crippen molar-refractivity contribution < 1.29 is 4.39 Å². The van der Waals surface area contributed by atoms with E-state index in [1.54, 1.807) is 6.07 Å².